The van der Waals surface area contributed by atoms with Crippen LogP contribution in [0.4, 0.5) is 0 Å². The SMILES string of the molecule is O=C1[C@H]2C=C(c3ccccc3)S[C@]2(c2ccccc2)c2nc3ccccc3n21. The molecule has 1 aromatic heterocycles. The van der Waals surface area contributed by atoms with Crippen molar-refractivity contribution in [3.05, 3.63) is 108 Å². The van der Waals surface area contributed by atoms with Gasteiger partial charge in [-0.1, -0.05) is 78.9 Å². The van der Waals surface area contributed by atoms with E-state index in [4.69, 9.17) is 4.98 Å². The summed E-state index contributed by atoms with van der Waals surface area (Å²) in [5.74, 6) is 0.676. The molecule has 0 unspecified atom stereocenters. The number of imidazole rings is 1. The van der Waals surface area contributed by atoms with E-state index >= 15 is 0 Å². The molecular weight excluding hydrogens is 364 g/mol. The zero-order chi connectivity index (χ0) is 18.7. The fourth-order valence-electron chi connectivity index (χ4n) is 4.42. The first-order valence-electron chi connectivity index (χ1n) is 9.33. The number of para-hydroxylation sites is 2. The van der Waals surface area contributed by atoms with E-state index in [0.717, 1.165) is 32.9 Å². The maximum Gasteiger partial charge on any atom is 0.241 e. The Bertz CT molecular complexity index is 1260. The number of carbonyl (C=O) groups excluding carboxylic acids is 1. The lowest BCUT2D eigenvalue weighted by Crippen LogP contribution is -2.28. The van der Waals surface area contributed by atoms with E-state index in [0.29, 0.717) is 0 Å². The molecule has 0 amide bonds. The number of rotatable bonds is 2. The Morgan fingerprint density at radius 2 is 1.54 bits per heavy atom. The third kappa shape index (κ3) is 1.96. The van der Waals surface area contributed by atoms with Gasteiger partial charge in [-0.05, 0) is 23.3 Å². The van der Waals surface area contributed by atoms with Crippen LogP contribution in [-0.4, -0.2) is 15.5 Å². The maximum atomic E-state index is 13.6. The molecule has 0 N–H and O–H groups in total. The number of carbonyl (C=O) groups is 1. The summed E-state index contributed by atoms with van der Waals surface area (Å²) in [6.07, 6.45) is 2.14. The van der Waals surface area contributed by atoms with Crippen LogP contribution in [0.15, 0.2) is 91.0 Å². The van der Waals surface area contributed by atoms with E-state index in [9.17, 15) is 4.79 Å². The first-order chi connectivity index (χ1) is 13.8. The highest BCUT2D eigenvalue weighted by Gasteiger charge is 2.59. The molecular formula is C24H16N2OS. The minimum Gasteiger partial charge on any atom is -0.273 e. The van der Waals surface area contributed by atoms with Crippen LogP contribution in [0.3, 0.4) is 0 Å². The Morgan fingerprint density at radius 3 is 2.32 bits per heavy atom. The van der Waals surface area contributed by atoms with Crippen molar-refractivity contribution in [2.75, 3.05) is 0 Å². The van der Waals surface area contributed by atoms with E-state index in [1.807, 2.05) is 65.2 Å². The molecule has 0 saturated carbocycles. The van der Waals surface area contributed by atoms with Gasteiger partial charge >= 0.3 is 0 Å². The van der Waals surface area contributed by atoms with E-state index in [-0.39, 0.29) is 11.8 Å². The third-order valence-corrected chi connectivity index (χ3v) is 7.25. The zero-order valence-corrected chi connectivity index (χ0v) is 15.8. The molecule has 0 spiro atoms. The Labute approximate surface area is 166 Å². The summed E-state index contributed by atoms with van der Waals surface area (Å²) in [7, 11) is 0. The van der Waals surface area contributed by atoms with Crippen molar-refractivity contribution in [1.82, 2.24) is 9.55 Å². The zero-order valence-electron chi connectivity index (χ0n) is 14.9. The molecule has 3 nitrogen and oxygen atoms in total. The fraction of sp³-hybridized carbons (Fsp3) is 0.0833. The third-order valence-electron chi connectivity index (χ3n) is 5.67. The number of fused-ring (bicyclic) bond motifs is 5. The van der Waals surface area contributed by atoms with Crippen LogP contribution in [0.25, 0.3) is 15.9 Å². The molecule has 3 aromatic carbocycles. The standard InChI is InChI=1S/C24H16N2OS/c27-22-18-15-21(16-9-3-1-4-10-16)28-24(18,17-11-5-2-6-12-17)23-25-19-13-7-8-14-20(19)26(22)23/h1-15,18H/t18-,24+/m1/s1. The smallest absolute Gasteiger partial charge is 0.241 e. The molecule has 6 rings (SSSR count). The van der Waals surface area contributed by atoms with E-state index in [1.54, 1.807) is 11.8 Å². The summed E-state index contributed by atoms with van der Waals surface area (Å²) in [5, 5.41) is 0. The molecule has 2 aliphatic rings. The molecule has 4 aromatic rings. The van der Waals surface area contributed by atoms with Crippen molar-refractivity contribution in [1.29, 1.82) is 0 Å². The van der Waals surface area contributed by atoms with Crippen molar-refractivity contribution < 1.29 is 4.79 Å². The van der Waals surface area contributed by atoms with Gasteiger partial charge in [-0.2, -0.15) is 0 Å². The lowest BCUT2D eigenvalue weighted by Gasteiger charge is -2.27. The van der Waals surface area contributed by atoms with Gasteiger partial charge in [-0.3, -0.25) is 9.36 Å². The summed E-state index contributed by atoms with van der Waals surface area (Å²) >= 11 is 1.75. The first kappa shape index (κ1) is 15.9. The Hall–Kier alpha value is -3.11. The Morgan fingerprint density at radius 1 is 0.857 bits per heavy atom. The molecule has 3 heterocycles. The molecule has 2 atom stereocenters. The summed E-state index contributed by atoms with van der Waals surface area (Å²) in [6, 6.07) is 28.5. The van der Waals surface area contributed by atoms with Gasteiger partial charge in [0, 0.05) is 4.91 Å². The number of hydrogen-bond donors (Lipinski definition) is 0. The number of thioether (sulfide) groups is 1. The van der Waals surface area contributed by atoms with Crippen molar-refractivity contribution >= 4 is 33.6 Å². The van der Waals surface area contributed by atoms with Crippen LogP contribution >= 0.6 is 11.8 Å². The summed E-state index contributed by atoms with van der Waals surface area (Å²) < 4.78 is 1.31. The van der Waals surface area contributed by atoms with Crippen LogP contribution in [0.5, 0.6) is 0 Å². The predicted molar refractivity (Wildman–Crippen MR) is 113 cm³/mol. The Kier molecular flexibility index (Phi) is 3.23. The average Bonchev–Trinajstić information content (AvgIpc) is 3.40. The van der Waals surface area contributed by atoms with Gasteiger partial charge in [-0.15, -0.1) is 11.8 Å². The predicted octanol–water partition coefficient (Wildman–Crippen LogP) is 5.34. The van der Waals surface area contributed by atoms with E-state index in [1.165, 1.54) is 0 Å². The maximum absolute atomic E-state index is 13.6. The van der Waals surface area contributed by atoms with Crippen molar-refractivity contribution in [2.45, 2.75) is 4.75 Å². The summed E-state index contributed by atoms with van der Waals surface area (Å²) in [4.78, 5) is 19.7. The highest BCUT2D eigenvalue weighted by atomic mass is 32.2. The monoisotopic (exact) mass is 380 g/mol. The van der Waals surface area contributed by atoms with Crippen LogP contribution in [0.1, 0.15) is 21.7 Å². The summed E-state index contributed by atoms with van der Waals surface area (Å²) in [6.45, 7) is 0. The van der Waals surface area contributed by atoms with Gasteiger partial charge in [0.1, 0.15) is 10.6 Å². The van der Waals surface area contributed by atoms with Gasteiger partial charge < -0.3 is 0 Å². The molecule has 0 fully saturated rings. The van der Waals surface area contributed by atoms with Gasteiger partial charge in [0.2, 0.25) is 5.91 Å². The van der Waals surface area contributed by atoms with E-state index < -0.39 is 4.75 Å². The lowest BCUT2D eigenvalue weighted by molar-refractivity contribution is 0.0886. The molecule has 0 aliphatic carbocycles. The van der Waals surface area contributed by atoms with E-state index in [2.05, 4.69) is 30.3 Å². The Balaban J connectivity index is 1.63. The molecule has 28 heavy (non-hydrogen) atoms. The average molecular weight is 380 g/mol. The first-order valence-corrected chi connectivity index (χ1v) is 10.1. The summed E-state index contributed by atoms with van der Waals surface area (Å²) in [5.41, 5.74) is 4.03. The minimum atomic E-state index is -0.525. The largest absolute Gasteiger partial charge is 0.273 e. The number of allylic oxidation sites excluding steroid dienone is 1. The van der Waals surface area contributed by atoms with Crippen molar-refractivity contribution in [3.8, 4) is 0 Å². The van der Waals surface area contributed by atoms with Crippen LogP contribution in [0, 0.1) is 5.92 Å². The molecule has 0 bridgehead atoms. The molecule has 134 valence electrons. The van der Waals surface area contributed by atoms with Crippen LogP contribution in [0.2, 0.25) is 0 Å². The highest BCUT2D eigenvalue weighted by molar-refractivity contribution is 8.09. The lowest BCUT2D eigenvalue weighted by atomic mass is 9.86. The molecule has 4 heteroatoms. The van der Waals surface area contributed by atoms with Gasteiger partial charge in [-0.25, -0.2) is 4.98 Å². The quantitative estimate of drug-likeness (QED) is 0.471. The van der Waals surface area contributed by atoms with Gasteiger partial charge in [0.15, 0.2) is 0 Å². The van der Waals surface area contributed by atoms with Crippen molar-refractivity contribution in [3.63, 3.8) is 0 Å². The second-order valence-electron chi connectivity index (χ2n) is 7.18. The number of nitrogens with zero attached hydrogens (tertiary/aromatic N) is 2. The highest BCUT2D eigenvalue weighted by Crippen LogP contribution is 2.62. The second kappa shape index (κ2) is 5.69. The molecule has 0 radical (unpaired) electrons. The topological polar surface area (TPSA) is 34.9 Å². The van der Waals surface area contributed by atoms with Gasteiger partial charge in [0.05, 0.1) is 17.0 Å². The minimum absolute atomic E-state index is 0.103. The molecule has 2 aliphatic heterocycles. The molecule has 0 saturated heterocycles. The van der Waals surface area contributed by atoms with Crippen LogP contribution in [-0.2, 0) is 4.75 Å². The van der Waals surface area contributed by atoms with Gasteiger partial charge in [0.25, 0.3) is 0 Å². The number of benzene rings is 3. The number of aromatic nitrogens is 2. The number of hydrogen-bond acceptors (Lipinski definition) is 3. The van der Waals surface area contributed by atoms with Crippen molar-refractivity contribution in [2.24, 2.45) is 5.92 Å². The van der Waals surface area contributed by atoms with Crippen LogP contribution < -0.4 is 0 Å². The second-order valence-corrected chi connectivity index (χ2v) is 8.46. The fourth-order valence-corrected chi connectivity index (χ4v) is 6.00. The normalized spacial score (nSPS) is 22.9.